The van der Waals surface area contributed by atoms with Crippen LogP contribution in [0.1, 0.15) is 11.9 Å². The zero-order valence-electron chi connectivity index (χ0n) is 7.73. The summed E-state index contributed by atoms with van der Waals surface area (Å²) in [5.74, 6) is -0.103. The number of nitrogens with zero attached hydrogens (tertiary/aromatic N) is 2. The van der Waals surface area contributed by atoms with Gasteiger partial charge in [0.1, 0.15) is 5.01 Å². The molecule has 80 valence electrons. The van der Waals surface area contributed by atoms with Gasteiger partial charge in [-0.1, -0.05) is 18.3 Å². The van der Waals surface area contributed by atoms with Crippen LogP contribution in [0.25, 0.3) is 0 Å². The highest BCUT2D eigenvalue weighted by molar-refractivity contribution is 7.92. The van der Waals surface area contributed by atoms with Gasteiger partial charge in [0.2, 0.25) is 15.2 Å². The van der Waals surface area contributed by atoms with Crippen LogP contribution < -0.4 is 10.5 Å². The van der Waals surface area contributed by atoms with Crippen LogP contribution in [0.15, 0.2) is 0 Å². The fraction of sp³-hybridized carbons (Fsp3) is 0.667. The number of hydrogen-bond donors (Lipinski definition) is 2. The van der Waals surface area contributed by atoms with E-state index < -0.39 is 10.0 Å². The van der Waals surface area contributed by atoms with E-state index in [-0.39, 0.29) is 12.3 Å². The zero-order chi connectivity index (χ0) is 10.6. The van der Waals surface area contributed by atoms with E-state index in [9.17, 15) is 8.42 Å². The molecule has 0 unspecified atom stereocenters. The Morgan fingerprint density at radius 1 is 1.50 bits per heavy atom. The summed E-state index contributed by atoms with van der Waals surface area (Å²) in [5, 5.41) is 8.58. The first-order chi connectivity index (χ1) is 6.57. The molecule has 0 bridgehead atoms. The molecule has 1 rings (SSSR count). The van der Waals surface area contributed by atoms with Crippen molar-refractivity contribution in [3.05, 3.63) is 5.01 Å². The second kappa shape index (κ2) is 4.67. The Balaban J connectivity index is 2.69. The van der Waals surface area contributed by atoms with E-state index in [2.05, 4.69) is 14.9 Å². The SMILES string of the molecule is CCc1nnc(NS(=O)(=O)CCN)s1. The summed E-state index contributed by atoms with van der Waals surface area (Å²) in [6.45, 7) is 2.02. The van der Waals surface area contributed by atoms with Gasteiger partial charge in [-0.25, -0.2) is 8.42 Å². The normalized spacial score (nSPS) is 11.6. The standard InChI is InChI=1S/C6H12N4O2S2/c1-2-5-8-9-6(13-5)10-14(11,12)4-3-7/h2-4,7H2,1H3,(H,9,10). The highest BCUT2D eigenvalue weighted by Crippen LogP contribution is 2.16. The van der Waals surface area contributed by atoms with Crippen molar-refractivity contribution in [3.63, 3.8) is 0 Å². The molecule has 0 saturated carbocycles. The summed E-state index contributed by atoms with van der Waals surface area (Å²) in [4.78, 5) is 0. The van der Waals surface area contributed by atoms with Crippen molar-refractivity contribution >= 4 is 26.5 Å². The Labute approximate surface area is 86.6 Å². The highest BCUT2D eigenvalue weighted by Gasteiger charge is 2.11. The van der Waals surface area contributed by atoms with Gasteiger partial charge in [-0.15, -0.1) is 10.2 Å². The molecule has 0 spiro atoms. The maximum absolute atomic E-state index is 11.2. The van der Waals surface area contributed by atoms with Crippen molar-refractivity contribution in [2.24, 2.45) is 5.73 Å². The predicted molar refractivity (Wildman–Crippen MR) is 55.8 cm³/mol. The van der Waals surface area contributed by atoms with E-state index in [1.807, 2.05) is 6.92 Å². The Morgan fingerprint density at radius 2 is 2.21 bits per heavy atom. The summed E-state index contributed by atoms with van der Waals surface area (Å²) in [7, 11) is -3.35. The average Bonchev–Trinajstić information content (AvgIpc) is 2.51. The van der Waals surface area contributed by atoms with E-state index in [0.29, 0.717) is 5.13 Å². The van der Waals surface area contributed by atoms with Gasteiger partial charge in [0.15, 0.2) is 0 Å². The van der Waals surface area contributed by atoms with Gasteiger partial charge in [0.25, 0.3) is 0 Å². The van der Waals surface area contributed by atoms with Gasteiger partial charge in [-0.2, -0.15) is 0 Å². The third-order valence-electron chi connectivity index (χ3n) is 1.40. The van der Waals surface area contributed by atoms with Crippen molar-refractivity contribution in [2.75, 3.05) is 17.0 Å². The molecule has 0 atom stereocenters. The lowest BCUT2D eigenvalue weighted by Crippen LogP contribution is -2.22. The Kier molecular flexibility index (Phi) is 3.78. The van der Waals surface area contributed by atoms with Crippen LogP contribution in [0.2, 0.25) is 0 Å². The molecule has 1 aromatic rings. The minimum Gasteiger partial charge on any atom is -0.329 e. The maximum Gasteiger partial charge on any atom is 0.235 e. The monoisotopic (exact) mass is 236 g/mol. The molecular formula is C6H12N4O2S2. The number of anilines is 1. The number of sulfonamides is 1. The molecule has 0 aliphatic heterocycles. The molecular weight excluding hydrogens is 224 g/mol. The quantitative estimate of drug-likeness (QED) is 0.738. The summed E-state index contributed by atoms with van der Waals surface area (Å²) >= 11 is 1.23. The molecule has 1 heterocycles. The lowest BCUT2D eigenvalue weighted by molar-refractivity contribution is 0.601. The van der Waals surface area contributed by atoms with Gasteiger partial charge in [-0.05, 0) is 6.42 Å². The van der Waals surface area contributed by atoms with Crippen LogP contribution in [0.5, 0.6) is 0 Å². The second-order valence-electron chi connectivity index (χ2n) is 2.56. The molecule has 14 heavy (non-hydrogen) atoms. The molecule has 0 aliphatic carbocycles. The van der Waals surface area contributed by atoms with Crippen molar-refractivity contribution in [1.82, 2.24) is 10.2 Å². The van der Waals surface area contributed by atoms with Crippen molar-refractivity contribution in [1.29, 1.82) is 0 Å². The average molecular weight is 236 g/mol. The minimum absolute atomic E-state index is 0.0920. The smallest absolute Gasteiger partial charge is 0.235 e. The maximum atomic E-state index is 11.2. The molecule has 8 heteroatoms. The predicted octanol–water partition coefficient (Wildman–Crippen LogP) is -0.199. The number of nitrogens with two attached hydrogens (primary N) is 1. The number of nitrogens with one attached hydrogen (secondary N) is 1. The Morgan fingerprint density at radius 3 is 2.71 bits per heavy atom. The highest BCUT2D eigenvalue weighted by atomic mass is 32.2. The van der Waals surface area contributed by atoms with E-state index in [0.717, 1.165) is 11.4 Å². The molecule has 6 nitrogen and oxygen atoms in total. The van der Waals surface area contributed by atoms with Gasteiger partial charge < -0.3 is 5.73 Å². The molecule has 0 amide bonds. The lowest BCUT2D eigenvalue weighted by atomic mass is 10.5. The fourth-order valence-electron chi connectivity index (χ4n) is 0.777. The van der Waals surface area contributed by atoms with E-state index in [4.69, 9.17) is 5.73 Å². The number of rotatable bonds is 5. The van der Waals surface area contributed by atoms with E-state index in [1.54, 1.807) is 0 Å². The number of aryl methyl sites for hydroxylation is 1. The number of hydrogen-bond acceptors (Lipinski definition) is 6. The van der Waals surface area contributed by atoms with Crippen molar-refractivity contribution < 1.29 is 8.42 Å². The lowest BCUT2D eigenvalue weighted by Gasteiger charge is -2.00. The van der Waals surface area contributed by atoms with Crippen LogP contribution >= 0.6 is 11.3 Å². The summed E-state index contributed by atoms with van der Waals surface area (Å²) in [5.41, 5.74) is 5.15. The third-order valence-corrected chi connectivity index (χ3v) is 3.79. The molecule has 1 aromatic heterocycles. The molecule has 0 radical (unpaired) electrons. The molecule has 0 fully saturated rings. The summed E-state index contributed by atoms with van der Waals surface area (Å²) in [6, 6.07) is 0. The van der Waals surface area contributed by atoms with Crippen LogP contribution in [-0.4, -0.2) is 30.9 Å². The summed E-state index contributed by atoms with van der Waals surface area (Å²) in [6.07, 6.45) is 0.746. The van der Waals surface area contributed by atoms with Gasteiger partial charge in [-0.3, -0.25) is 4.72 Å². The topological polar surface area (TPSA) is 98.0 Å². The van der Waals surface area contributed by atoms with Crippen LogP contribution in [-0.2, 0) is 16.4 Å². The first-order valence-corrected chi connectivity index (χ1v) is 6.57. The van der Waals surface area contributed by atoms with Gasteiger partial charge >= 0.3 is 0 Å². The van der Waals surface area contributed by atoms with Crippen molar-refractivity contribution in [2.45, 2.75) is 13.3 Å². The fourth-order valence-corrected chi connectivity index (χ4v) is 2.57. The van der Waals surface area contributed by atoms with Crippen LogP contribution in [0.3, 0.4) is 0 Å². The molecule has 0 saturated heterocycles. The second-order valence-corrected chi connectivity index (χ2v) is 5.47. The third kappa shape index (κ3) is 3.20. The van der Waals surface area contributed by atoms with Crippen LogP contribution in [0, 0.1) is 0 Å². The van der Waals surface area contributed by atoms with E-state index in [1.165, 1.54) is 11.3 Å². The largest absolute Gasteiger partial charge is 0.329 e. The molecule has 3 N–H and O–H groups in total. The van der Waals surface area contributed by atoms with E-state index >= 15 is 0 Å². The molecule has 0 aromatic carbocycles. The first kappa shape index (κ1) is 11.3. The Bertz CT molecular complexity index is 386. The minimum atomic E-state index is -3.35. The summed E-state index contributed by atoms with van der Waals surface area (Å²) < 4.78 is 24.8. The van der Waals surface area contributed by atoms with Gasteiger partial charge in [0.05, 0.1) is 5.75 Å². The van der Waals surface area contributed by atoms with Gasteiger partial charge in [0, 0.05) is 6.54 Å². The Hall–Kier alpha value is -0.730. The number of aromatic nitrogens is 2. The zero-order valence-corrected chi connectivity index (χ0v) is 9.36. The first-order valence-electron chi connectivity index (χ1n) is 4.10. The molecule has 0 aliphatic rings. The van der Waals surface area contributed by atoms with Crippen molar-refractivity contribution in [3.8, 4) is 0 Å². The van der Waals surface area contributed by atoms with Crippen LogP contribution in [0.4, 0.5) is 5.13 Å².